The number of pyridine rings is 1. The van der Waals surface area contributed by atoms with Gasteiger partial charge >= 0.3 is 0 Å². The summed E-state index contributed by atoms with van der Waals surface area (Å²) in [5.74, 6) is 0. The number of aliphatic hydroxyl groups is 1. The van der Waals surface area contributed by atoms with Gasteiger partial charge in [0.1, 0.15) is 12.7 Å². The predicted octanol–water partition coefficient (Wildman–Crippen LogP) is 1.08. The Balaban J connectivity index is 1.75. The van der Waals surface area contributed by atoms with Gasteiger partial charge in [-0.25, -0.2) is 0 Å². The number of likely N-dealkylation sites (tertiary alicyclic amines) is 1. The summed E-state index contributed by atoms with van der Waals surface area (Å²) in [5, 5.41) is 24.8. The van der Waals surface area contributed by atoms with Crippen molar-refractivity contribution in [3.05, 3.63) is 35.3 Å². The molecule has 2 rings (SSSR count). The monoisotopic (exact) mass is 313 g/mol. The minimum absolute atomic E-state index is 0.0803. The average molecular weight is 314 g/mol. The lowest BCUT2D eigenvalue weighted by Crippen LogP contribution is -2.38. The summed E-state index contributed by atoms with van der Waals surface area (Å²) >= 11 is 5.93. The maximum atomic E-state index is 11.1. The zero-order valence-corrected chi connectivity index (χ0v) is 12.6. The molecule has 0 radical (unpaired) electrons. The van der Waals surface area contributed by atoms with Crippen molar-refractivity contribution in [3.63, 3.8) is 0 Å². The van der Waals surface area contributed by atoms with Crippen molar-refractivity contribution in [1.82, 2.24) is 4.90 Å². The number of piperidine rings is 1. The maximum Gasteiger partial charge on any atom is 0.190 e. The summed E-state index contributed by atoms with van der Waals surface area (Å²) < 4.78 is 0.637. The van der Waals surface area contributed by atoms with E-state index in [4.69, 9.17) is 16.4 Å². The van der Waals surface area contributed by atoms with E-state index in [0.717, 1.165) is 13.1 Å². The van der Waals surface area contributed by atoms with Gasteiger partial charge in [-0.05, 0) is 32.0 Å². The molecule has 1 N–H and O–H groups in total. The molecule has 6 nitrogen and oxygen atoms in total. The third-order valence-corrected chi connectivity index (χ3v) is 3.63. The van der Waals surface area contributed by atoms with Crippen LogP contribution in [-0.2, 0) is 4.84 Å². The Labute approximate surface area is 129 Å². The zero-order valence-electron chi connectivity index (χ0n) is 11.8. The first-order valence-electron chi connectivity index (χ1n) is 7.10. The molecule has 1 aliphatic rings. The van der Waals surface area contributed by atoms with Crippen LogP contribution in [0.4, 0.5) is 0 Å². The van der Waals surface area contributed by atoms with Gasteiger partial charge in [0.05, 0.1) is 5.56 Å². The van der Waals surface area contributed by atoms with Crippen LogP contribution in [0.3, 0.4) is 0 Å². The third kappa shape index (κ3) is 5.49. The van der Waals surface area contributed by atoms with Crippen LogP contribution in [0.1, 0.15) is 24.8 Å². The number of rotatable bonds is 6. The molecule has 1 aliphatic heterocycles. The fourth-order valence-electron chi connectivity index (χ4n) is 2.30. The SMILES string of the molecule is [O-][n+]1cccc(/C(Cl)=N\OCC(O)CN2CCCCC2)c1. The molecule has 0 aliphatic carbocycles. The first-order valence-corrected chi connectivity index (χ1v) is 7.48. The van der Waals surface area contributed by atoms with E-state index in [2.05, 4.69) is 10.1 Å². The second kappa shape index (κ2) is 8.17. The number of hydrogen-bond donors (Lipinski definition) is 1. The number of aromatic nitrogens is 1. The van der Waals surface area contributed by atoms with Crippen molar-refractivity contribution >= 4 is 16.8 Å². The van der Waals surface area contributed by atoms with Crippen molar-refractivity contribution < 1.29 is 14.7 Å². The van der Waals surface area contributed by atoms with Gasteiger partial charge in [-0.15, -0.1) is 0 Å². The van der Waals surface area contributed by atoms with Gasteiger partial charge in [-0.2, -0.15) is 4.73 Å². The van der Waals surface area contributed by atoms with Crippen LogP contribution in [-0.4, -0.2) is 47.5 Å². The van der Waals surface area contributed by atoms with Crippen LogP contribution in [0.5, 0.6) is 0 Å². The van der Waals surface area contributed by atoms with Gasteiger partial charge in [0.15, 0.2) is 17.6 Å². The second-order valence-electron chi connectivity index (χ2n) is 5.15. The third-order valence-electron chi connectivity index (χ3n) is 3.34. The maximum absolute atomic E-state index is 11.1. The number of nitrogens with zero attached hydrogens (tertiary/aromatic N) is 3. The highest BCUT2D eigenvalue weighted by Gasteiger charge is 2.15. The summed E-state index contributed by atoms with van der Waals surface area (Å²) in [6.45, 7) is 2.71. The fourth-order valence-corrected chi connectivity index (χ4v) is 2.46. The van der Waals surface area contributed by atoms with Crippen molar-refractivity contribution in [2.75, 3.05) is 26.2 Å². The van der Waals surface area contributed by atoms with E-state index >= 15 is 0 Å². The first-order chi connectivity index (χ1) is 10.1. The minimum atomic E-state index is -0.600. The lowest BCUT2D eigenvalue weighted by molar-refractivity contribution is -0.605. The largest absolute Gasteiger partial charge is 0.619 e. The summed E-state index contributed by atoms with van der Waals surface area (Å²) in [4.78, 5) is 7.28. The van der Waals surface area contributed by atoms with Crippen LogP contribution in [0.25, 0.3) is 0 Å². The van der Waals surface area contributed by atoms with Crippen molar-refractivity contribution in [3.8, 4) is 0 Å². The zero-order chi connectivity index (χ0) is 15.1. The predicted molar refractivity (Wildman–Crippen MR) is 80.0 cm³/mol. The van der Waals surface area contributed by atoms with Crippen LogP contribution in [0, 0.1) is 5.21 Å². The molecule has 0 amide bonds. The summed E-state index contributed by atoms with van der Waals surface area (Å²) in [7, 11) is 0. The first kappa shape index (κ1) is 16.0. The molecule has 0 spiro atoms. The van der Waals surface area contributed by atoms with Gasteiger partial charge in [0, 0.05) is 12.6 Å². The molecule has 0 aromatic carbocycles. The molecule has 7 heteroatoms. The van der Waals surface area contributed by atoms with E-state index in [1.54, 1.807) is 12.1 Å². The normalized spacial score (nSPS) is 18.5. The van der Waals surface area contributed by atoms with E-state index < -0.39 is 6.10 Å². The lowest BCUT2D eigenvalue weighted by Gasteiger charge is -2.27. The molecule has 1 aromatic rings. The molecular formula is C14H20ClN3O3. The van der Waals surface area contributed by atoms with E-state index in [1.807, 2.05) is 0 Å². The average Bonchev–Trinajstić information content (AvgIpc) is 2.48. The van der Waals surface area contributed by atoms with Gasteiger partial charge in [0.25, 0.3) is 0 Å². The number of halogens is 1. The molecule has 21 heavy (non-hydrogen) atoms. The lowest BCUT2D eigenvalue weighted by atomic mass is 10.1. The van der Waals surface area contributed by atoms with E-state index in [9.17, 15) is 10.3 Å². The molecule has 1 saturated heterocycles. The number of β-amino-alcohol motifs (C(OH)–C–C–N with tert-alkyl or cyclic N) is 1. The smallest absolute Gasteiger partial charge is 0.190 e. The summed E-state index contributed by atoms with van der Waals surface area (Å²) in [5.41, 5.74) is 0.472. The van der Waals surface area contributed by atoms with Crippen molar-refractivity contribution in [2.24, 2.45) is 5.16 Å². The number of hydrogen-bond acceptors (Lipinski definition) is 5. The Morgan fingerprint density at radius 1 is 1.48 bits per heavy atom. The highest BCUT2D eigenvalue weighted by molar-refractivity contribution is 6.69. The highest BCUT2D eigenvalue weighted by Crippen LogP contribution is 2.09. The van der Waals surface area contributed by atoms with Crippen LogP contribution in [0.15, 0.2) is 29.7 Å². The Kier molecular flexibility index (Phi) is 6.22. The standard InChI is InChI=1S/C14H20ClN3O3/c15-14(12-5-4-8-18(20)9-12)16-21-11-13(19)10-17-6-2-1-3-7-17/h4-5,8-9,13,19H,1-3,6-7,10-11H2/b16-14+. The summed E-state index contributed by atoms with van der Waals surface area (Å²) in [6.07, 6.45) is 5.69. The quantitative estimate of drug-likeness (QED) is 0.369. The fraction of sp³-hybridized carbons (Fsp3) is 0.571. The van der Waals surface area contributed by atoms with E-state index in [1.165, 1.54) is 31.7 Å². The van der Waals surface area contributed by atoms with Crippen molar-refractivity contribution in [2.45, 2.75) is 25.4 Å². The van der Waals surface area contributed by atoms with E-state index in [0.29, 0.717) is 16.8 Å². The number of aliphatic hydroxyl groups excluding tert-OH is 1. The van der Waals surface area contributed by atoms with Crippen molar-refractivity contribution in [1.29, 1.82) is 0 Å². The molecular weight excluding hydrogens is 294 g/mol. The minimum Gasteiger partial charge on any atom is -0.619 e. The molecule has 116 valence electrons. The van der Waals surface area contributed by atoms with Crippen LogP contribution >= 0.6 is 11.6 Å². The molecule has 0 saturated carbocycles. The van der Waals surface area contributed by atoms with Crippen LogP contribution in [0.2, 0.25) is 0 Å². The van der Waals surface area contributed by atoms with Gasteiger partial charge in [-0.1, -0.05) is 23.2 Å². The number of oxime groups is 1. The Bertz CT molecular complexity index is 478. The topological polar surface area (TPSA) is 72.0 Å². The van der Waals surface area contributed by atoms with Gasteiger partial charge in [0.2, 0.25) is 0 Å². The Morgan fingerprint density at radius 2 is 2.24 bits per heavy atom. The Hall–Kier alpha value is -1.37. The molecule has 1 atom stereocenters. The van der Waals surface area contributed by atoms with Gasteiger partial charge < -0.3 is 20.1 Å². The molecule has 1 fully saturated rings. The van der Waals surface area contributed by atoms with Gasteiger partial charge in [-0.3, -0.25) is 0 Å². The van der Waals surface area contributed by atoms with Crippen LogP contribution < -0.4 is 4.73 Å². The summed E-state index contributed by atoms with van der Waals surface area (Å²) in [6, 6.07) is 3.24. The highest BCUT2D eigenvalue weighted by atomic mass is 35.5. The second-order valence-corrected chi connectivity index (χ2v) is 5.50. The molecule has 0 bridgehead atoms. The van der Waals surface area contributed by atoms with E-state index in [-0.39, 0.29) is 11.8 Å². The molecule has 2 heterocycles. The molecule has 1 aromatic heterocycles. The Morgan fingerprint density at radius 3 is 2.95 bits per heavy atom. The molecule has 1 unspecified atom stereocenters.